The lowest BCUT2D eigenvalue weighted by atomic mass is 9.95. The molecule has 0 spiro atoms. The molecule has 1 aliphatic rings. The Morgan fingerprint density at radius 2 is 1.85 bits per heavy atom. The van der Waals surface area contributed by atoms with Gasteiger partial charge in [-0.2, -0.15) is 0 Å². The molecule has 112 valence electrons. The Bertz CT molecular complexity index is 357. The van der Waals surface area contributed by atoms with E-state index < -0.39 is 0 Å². The molecule has 1 N–H and O–H groups in total. The number of rotatable bonds is 7. The monoisotopic (exact) mass is 274 g/mol. The lowest BCUT2D eigenvalue weighted by Gasteiger charge is -2.31. The van der Waals surface area contributed by atoms with Crippen molar-refractivity contribution >= 4 is 0 Å². The lowest BCUT2D eigenvalue weighted by Crippen LogP contribution is -2.43. The van der Waals surface area contributed by atoms with Gasteiger partial charge < -0.3 is 5.32 Å². The van der Waals surface area contributed by atoms with Gasteiger partial charge in [0.2, 0.25) is 0 Å². The maximum Gasteiger partial charge on any atom is 0.0236 e. The van der Waals surface area contributed by atoms with Gasteiger partial charge in [0.1, 0.15) is 0 Å². The van der Waals surface area contributed by atoms with Crippen LogP contribution in [0.15, 0.2) is 30.3 Å². The van der Waals surface area contributed by atoms with Gasteiger partial charge in [0.15, 0.2) is 0 Å². The molecular weight excluding hydrogens is 244 g/mol. The summed E-state index contributed by atoms with van der Waals surface area (Å²) in [6.07, 6.45) is 7.00. The first-order valence-corrected chi connectivity index (χ1v) is 8.31. The van der Waals surface area contributed by atoms with Gasteiger partial charge in [-0.15, -0.1) is 0 Å². The van der Waals surface area contributed by atoms with E-state index in [1.165, 1.54) is 37.7 Å². The highest BCUT2D eigenvalue weighted by molar-refractivity contribution is 5.14. The second-order valence-electron chi connectivity index (χ2n) is 6.14. The summed E-state index contributed by atoms with van der Waals surface area (Å²) in [7, 11) is 0. The summed E-state index contributed by atoms with van der Waals surface area (Å²) in [4.78, 5) is 2.56. The molecule has 1 aliphatic carbocycles. The average Bonchev–Trinajstić information content (AvgIpc) is 2.52. The second kappa shape index (κ2) is 8.43. The smallest absolute Gasteiger partial charge is 0.0236 e. The number of hydrogen-bond acceptors (Lipinski definition) is 2. The topological polar surface area (TPSA) is 15.3 Å². The van der Waals surface area contributed by atoms with Gasteiger partial charge in [0.05, 0.1) is 0 Å². The summed E-state index contributed by atoms with van der Waals surface area (Å²) in [5, 5.41) is 3.78. The van der Waals surface area contributed by atoms with E-state index in [2.05, 4.69) is 54.4 Å². The summed E-state index contributed by atoms with van der Waals surface area (Å²) in [6, 6.07) is 12.2. The minimum absolute atomic E-state index is 0.599. The molecule has 0 saturated heterocycles. The summed E-state index contributed by atoms with van der Waals surface area (Å²) in [5.41, 5.74) is 1.42. The van der Waals surface area contributed by atoms with Crippen LogP contribution in [0.3, 0.4) is 0 Å². The summed E-state index contributed by atoms with van der Waals surface area (Å²) in [5.74, 6) is 0. The van der Waals surface area contributed by atoms with Crippen LogP contribution in [0, 0.1) is 0 Å². The second-order valence-corrected chi connectivity index (χ2v) is 6.14. The molecule has 0 aromatic heterocycles. The van der Waals surface area contributed by atoms with Gasteiger partial charge in [0, 0.05) is 25.2 Å². The largest absolute Gasteiger partial charge is 0.312 e. The molecule has 2 rings (SSSR count). The van der Waals surface area contributed by atoms with Crippen LogP contribution in [-0.2, 0) is 6.54 Å². The minimum atomic E-state index is 0.599. The van der Waals surface area contributed by atoms with Crippen molar-refractivity contribution in [1.29, 1.82) is 0 Å². The fraction of sp³-hybridized carbons (Fsp3) is 0.667. The van der Waals surface area contributed by atoms with Crippen molar-refractivity contribution in [1.82, 2.24) is 10.2 Å². The molecule has 0 heterocycles. The Balaban J connectivity index is 1.77. The third kappa shape index (κ3) is 4.92. The predicted octanol–water partition coefficient (Wildman–Crippen LogP) is 3.82. The standard InChI is InChI=1S/C18H30N2/c1-3-20(15-17-10-6-4-7-11-17)16(2)14-19-18-12-8-5-9-13-18/h4,6-7,10-11,16,18-19H,3,5,8-9,12-15H2,1-2H3. The number of likely N-dealkylation sites (N-methyl/N-ethyl adjacent to an activating group) is 1. The van der Waals surface area contributed by atoms with E-state index in [4.69, 9.17) is 0 Å². The molecule has 0 radical (unpaired) electrons. The van der Waals surface area contributed by atoms with Gasteiger partial charge in [-0.25, -0.2) is 0 Å². The number of nitrogens with zero attached hydrogens (tertiary/aromatic N) is 1. The van der Waals surface area contributed by atoms with Crippen LogP contribution in [0.2, 0.25) is 0 Å². The number of nitrogens with one attached hydrogen (secondary N) is 1. The lowest BCUT2D eigenvalue weighted by molar-refractivity contribution is 0.197. The van der Waals surface area contributed by atoms with Gasteiger partial charge in [-0.3, -0.25) is 4.90 Å². The van der Waals surface area contributed by atoms with Gasteiger partial charge in [-0.05, 0) is 31.9 Å². The van der Waals surface area contributed by atoms with Crippen molar-refractivity contribution in [3.8, 4) is 0 Å². The molecular formula is C18H30N2. The molecule has 0 bridgehead atoms. The zero-order valence-electron chi connectivity index (χ0n) is 13.1. The van der Waals surface area contributed by atoms with Crippen LogP contribution in [0.25, 0.3) is 0 Å². The van der Waals surface area contributed by atoms with Crippen LogP contribution in [0.5, 0.6) is 0 Å². The number of benzene rings is 1. The molecule has 0 aliphatic heterocycles. The van der Waals surface area contributed by atoms with Crippen LogP contribution in [-0.4, -0.2) is 30.1 Å². The van der Waals surface area contributed by atoms with Crippen LogP contribution in [0.1, 0.15) is 51.5 Å². The van der Waals surface area contributed by atoms with E-state index in [0.717, 1.165) is 25.7 Å². The van der Waals surface area contributed by atoms with E-state index >= 15 is 0 Å². The Morgan fingerprint density at radius 3 is 2.50 bits per heavy atom. The Kier molecular flexibility index (Phi) is 6.55. The molecule has 1 unspecified atom stereocenters. The van der Waals surface area contributed by atoms with Crippen molar-refractivity contribution in [2.45, 2.75) is 64.6 Å². The SMILES string of the molecule is CCN(Cc1ccccc1)C(C)CNC1CCCCC1. The van der Waals surface area contributed by atoms with Crippen LogP contribution < -0.4 is 5.32 Å². The first-order valence-electron chi connectivity index (χ1n) is 8.31. The van der Waals surface area contributed by atoms with Crippen molar-refractivity contribution in [2.75, 3.05) is 13.1 Å². The molecule has 1 saturated carbocycles. The van der Waals surface area contributed by atoms with Crippen LogP contribution >= 0.6 is 0 Å². The van der Waals surface area contributed by atoms with E-state index in [-0.39, 0.29) is 0 Å². The molecule has 2 heteroatoms. The van der Waals surface area contributed by atoms with Crippen molar-refractivity contribution in [3.05, 3.63) is 35.9 Å². The zero-order chi connectivity index (χ0) is 14.2. The highest BCUT2D eigenvalue weighted by Gasteiger charge is 2.16. The molecule has 2 nitrogen and oxygen atoms in total. The van der Waals surface area contributed by atoms with E-state index in [0.29, 0.717) is 6.04 Å². The average molecular weight is 274 g/mol. The van der Waals surface area contributed by atoms with E-state index in [9.17, 15) is 0 Å². The highest BCUT2D eigenvalue weighted by atomic mass is 15.2. The van der Waals surface area contributed by atoms with E-state index in [1.54, 1.807) is 0 Å². The van der Waals surface area contributed by atoms with Crippen molar-refractivity contribution in [2.24, 2.45) is 0 Å². The highest BCUT2D eigenvalue weighted by Crippen LogP contribution is 2.17. The van der Waals surface area contributed by atoms with Crippen molar-refractivity contribution in [3.63, 3.8) is 0 Å². The third-order valence-electron chi connectivity index (χ3n) is 4.57. The fourth-order valence-electron chi connectivity index (χ4n) is 3.17. The Morgan fingerprint density at radius 1 is 1.15 bits per heavy atom. The molecule has 0 amide bonds. The zero-order valence-corrected chi connectivity index (χ0v) is 13.1. The first-order chi connectivity index (χ1) is 9.79. The maximum absolute atomic E-state index is 3.78. The van der Waals surface area contributed by atoms with Crippen molar-refractivity contribution < 1.29 is 0 Å². The minimum Gasteiger partial charge on any atom is -0.312 e. The summed E-state index contributed by atoms with van der Waals surface area (Å²) >= 11 is 0. The number of hydrogen-bond donors (Lipinski definition) is 1. The normalized spacial score (nSPS) is 18.4. The Hall–Kier alpha value is -0.860. The Labute approximate surface area is 124 Å². The molecule has 1 aromatic carbocycles. The molecule has 1 atom stereocenters. The third-order valence-corrected chi connectivity index (χ3v) is 4.57. The summed E-state index contributed by atoms with van der Waals surface area (Å²) < 4.78 is 0. The van der Waals surface area contributed by atoms with Gasteiger partial charge in [-0.1, -0.05) is 56.5 Å². The predicted molar refractivity (Wildman–Crippen MR) is 86.9 cm³/mol. The quantitative estimate of drug-likeness (QED) is 0.813. The fourth-order valence-corrected chi connectivity index (χ4v) is 3.17. The first kappa shape index (κ1) is 15.5. The molecule has 1 fully saturated rings. The maximum atomic E-state index is 3.78. The summed E-state index contributed by atoms with van der Waals surface area (Å²) in [6.45, 7) is 7.90. The molecule has 1 aromatic rings. The van der Waals surface area contributed by atoms with Gasteiger partial charge >= 0.3 is 0 Å². The van der Waals surface area contributed by atoms with Crippen LogP contribution in [0.4, 0.5) is 0 Å². The molecule has 20 heavy (non-hydrogen) atoms. The van der Waals surface area contributed by atoms with E-state index in [1.807, 2.05) is 0 Å². The van der Waals surface area contributed by atoms with Gasteiger partial charge in [0.25, 0.3) is 0 Å².